The van der Waals surface area contributed by atoms with E-state index in [4.69, 9.17) is 5.73 Å². The molecule has 1 rings (SSSR count). The average Bonchev–Trinajstić information content (AvgIpc) is 2.06. The number of rotatable bonds is 3. The van der Waals surface area contributed by atoms with Gasteiger partial charge in [0.1, 0.15) is 5.82 Å². The Balaban J connectivity index is 2.70. The summed E-state index contributed by atoms with van der Waals surface area (Å²) in [4.78, 5) is 0. The first-order valence-electron chi connectivity index (χ1n) is 4.29. The Hall–Kier alpha value is -0.160. The van der Waals surface area contributed by atoms with Crippen LogP contribution in [0.15, 0.2) is 18.2 Å². The van der Waals surface area contributed by atoms with Crippen LogP contribution in [0.4, 0.5) is 4.39 Å². The van der Waals surface area contributed by atoms with E-state index in [1.165, 1.54) is 6.07 Å². The van der Waals surface area contributed by atoms with Crippen molar-refractivity contribution in [1.29, 1.82) is 0 Å². The third-order valence-electron chi connectivity index (χ3n) is 1.88. The summed E-state index contributed by atoms with van der Waals surface area (Å²) in [6.45, 7) is 1.94. The van der Waals surface area contributed by atoms with Crippen molar-refractivity contribution in [1.82, 2.24) is 0 Å². The summed E-state index contributed by atoms with van der Waals surface area (Å²) in [6, 6.07) is 5.29. The molecule has 0 aliphatic carbocycles. The lowest BCUT2D eigenvalue weighted by atomic mass is 10.1. The van der Waals surface area contributed by atoms with Gasteiger partial charge < -0.3 is 5.73 Å². The van der Waals surface area contributed by atoms with Gasteiger partial charge in [0.2, 0.25) is 0 Å². The Morgan fingerprint density at radius 2 is 2.23 bits per heavy atom. The topological polar surface area (TPSA) is 26.0 Å². The third kappa shape index (κ3) is 3.60. The number of aryl methyl sites for hydroxylation is 1. The van der Waals surface area contributed by atoms with Crippen LogP contribution in [0, 0.1) is 9.39 Å². The lowest BCUT2D eigenvalue weighted by Gasteiger charge is -2.06. The summed E-state index contributed by atoms with van der Waals surface area (Å²) in [5.41, 5.74) is 6.37. The van der Waals surface area contributed by atoms with E-state index in [-0.39, 0.29) is 11.9 Å². The molecule has 0 amide bonds. The highest BCUT2D eigenvalue weighted by Crippen LogP contribution is 2.14. The molecule has 0 saturated heterocycles. The Labute approximate surface area is 91.7 Å². The summed E-state index contributed by atoms with van der Waals surface area (Å²) in [6.07, 6.45) is 1.55. The van der Waals surface area contributed by atoms with Gasteiger partial charge in [0, 0.05) is 9.61 Å². The predicted molar refractivity (Wildman–Crippen MR) is 61.1 cm³/mol. The quantitative estimate of drug-likeness (QED) is 0.852. The Morgan fingerprint density at radius 1 is 1.54 bits per heavy atom. The zero-order chi connectivity index (χ0) is 9.84. The predicted octanol–water partition coefficient (Wildman–Crippen LogP) is 2.71. The second-order valence-corrected chi connectivity index (χ2v) is 4.50. The molecule has 72 valence electrons. The van der Waals surface area contributed by atoms with Gasteiger partial charge in [-0.25, -0.2) is 4.39 Å². The molecule has 0 saturated carbocycles. The van der Waals surface area contributed by atoms with Crippen molar-refractivity contribution >= 4 is 22.6 Å². The van der Waals surface area contributed by atoms with Crippen LogP contribution in [0.3, 0.4) is 0 Å². The Kier molecular flexibility index (Phi) is 4.12. The van der Waals surface area contributed by atoms with Gasteiger partial charge in [-0.05, 0) is 66.1 Å². The second-order valence-electron chi connectivity index (χ2n) is 3.25. The normalized spacial score (nSPS) is 12.9. The van der Waals surface area contributed by atoms with Gasteiger partial charge in [-0.1, -0.05) is 0 Å². The van der Waals surface area contributed by atoms with E-state index in [1.807, 2.05) is 13.0 Å². The maximum Gasteiger partial charge on any atom is 0.126 e. The van der Waals surface area contributed by atoms with Crippen molar-refractivity contribution in [3.63, 3.8) is 0 Å². The van der Waals surface area contributed by atoms with Crippen molar-refractivity contribution < 1.29 is 4.39 Å². The lowest BCUT2D eigenvalue weighted by molar-refractivity contribution is 0.590. The number of nitrogens with two attached hydrogens (primary N) is 1. The van der Waals surface area contributed by atoms with E-state index in [9.17, 15) is 4.39 Å². The maximum absolute atomic E-state index is 13.2. The molecule has 1 atom stereocenters. The van der Waals surface area contributed by atoms with Crippen LogP contribution in [0.1, 0.15) is 18.9 Å². The van der Waals surface area contributed by atoms with Gasteiger partial charge >= 0.3 is 0 Å². The molecule has 1 nitrogen and oxygen atoms in total. The van der Waals surface area contributed by atoms with Gasteiger partial charge in [0.25, 0.3) is 0 Å². The highest BCUT2D eigenvalue weighted by atomic mass is 127. The van der Waals surface area contributed by atoms with Gasteiger partial charge in [-0.3, -0.25) is 0 Å². The van der Waals surface area contributed by atoms with E-state index < -0.39 is 0 Å². The first-order chi connectivity index (χ1) is 6.09. The largest absolute Gasteiger partial charge is 0.328 e. The van der Waals surface area contributed by atoms with Crippen LogP contribution in [0.5, 0.6) is 0 Å². The molecule has 0 aliphatic heterocycles. The summed E-state index contributed by atoms with van der Waals surface area (Å²) in [5, 5.41) is 0. The zero-order valence-electron chi connectivity index (χ0n) is 7.56. The first-order valence-corrected chi connectivity index (χ1v) is 5.37. The van der Waals surface area contributed by atoms with E-state index in [2.05, 4.69) is 22.6 Å². The Bertz CT molecular complexity index is 286. The minimum Gasteiger partial charge on any atom is -0.328 e. The minimum atomic E-state index is -0.124. The Morgan fingerprint density at radius 3 is 2.85 bits per heavy atom. The maximum atomic E-state index is 13.2. The highest BCUT2D eigenvalue weighted by molar-refractivity contribution is 14.1. The summed E-state index contributed by atoms with van der Waals surface area (Å²) < 4.78 is 14.2. The fourth-order valence-electron chi connectivity index (χ4n) is 1.12. The molecule has 3 heteroatoms. The van der Waals surface area contributed by atoms with Crippen LogP contribution in [-0.4, -0.2) is 6.04 Å². The van der Waals surface area contributed by atoms with Crippen molar-refractivity contribution in [2.24, 2.45) is 5.73 Å². The van der Waals surface area contributed by atoms with E-state index in [0.717, 1.165) is 22.0 Å². The van der Waals surface area contributed by atoms with Crippen LogP contribution in [0.2, 0.25) is 0 Å². The molecule has 2 N–H and O–H groups in total. The van der Waals surface area contributed by atoms with Crippen molar-refractivity contribution in [2.45, 2.75) is 25.8 Å². The number of halogens is 2. The van der Waals surface area contributed by atoms with Crippen LogP contribution in [0.25, 0.3) is 0 Å². The van der Waals surface area contributed by atoms with Gasteiger partial charge in [-0.2, -0.15) is 0 Å². The molecule has 1 aromatic carbocycles. The molecule has 0 unspecified atom stereocenters. The molecular formula is C10H13FIN. The molecule has 0 radical (unpaired) electrons. The summed E-state index contributed by atoms with van der Waals surface area (Å²) >= 11 is 2.18. The van der Waals surface area contributed by atoms with Crippen LogP contribution in [-0.2, 0) is 6.42 Å². The smallest absolute Gasteiger partial charge is 0.126 e. The fraction of sp³-hybridized carbons (Fsp3) is 0.400. The average molecular weight is 293 g/mol. The van der Waals surface area contributed by atoms with E-state index in [0.29, 0.717) is 0 Å². The molecule has 13 heavy (non-hydrogen) atoms. The van der Waals surface area contributed by atoms with Crippen molar-refractivity contribution in [3.05, 3.63) is 33.1 Å². The monoisotopic (exact) mass is 293 g/mol. The number of hydrogen-bond donors (Lipinski definition) is 1. The molecule has 0 heterocycles. The van der Waals surface area contributed by atoms with E-state index in [1.54, 1.807) is 6.07 Å². The van der Waals surface area contributed by atoms with Crippen molar-refractivity contribution in [3.8, 4) is 0 Å². The van der Waals surface area contributed by atoms with Crippen molar-refractivity contribution in [2.75, 3.05) is 0 Å². The number of hydrogen-bond acceptors (Lipinski definition) is 1. The molecule has 0 bridgehead atoms. The fourth-order valence-corrected chi connectivity index (χ4v) is 1.67. The minimum absolute atomic E-state index is 0.124. The molecule has 0 spiro atoms. The first kappa shape index (κ1) is 10.9. The highest BCUT2D eigenvalue weighted by Gasteiger charge is 2.03. The van der Waals surface area contributed by atoms with Gasteiger partial charge in [0.15, 0.2) is 0 Å². The SMILES string of the molecule is C[C@H](N)CCc1cc(I)ccc1F. The zero-order valence-corrected chi connectivity index (χ0v) is 9.71. The summed E-state index contributed by atoms with van der Waals surface area (Å²) in [7, 11) is 0. The summed E-state index contributed by atoms with van der Waals surface area (Å²) in [5.74, 6) is -0.124. The standard InChI is InChI=1S/C10H13FIN/c1-7(13)2-3-8-6-9(12)4-5-10(8)11/h4-7H,2-3,13H2,1H3/t7-/m0/s1. The molecule has 0 aromatic heterocycles. The second kappa shape index (κ2) is 4.91. The van der Waals surface area contributed by atoms with Crippen LogP contribution < -0.4 is 5.73 Å². The molecule has 0 aliphatic rings. The van der Waals surface area contributed by atoms with Crippen LogP contribution >= 0.6 is 22.6 Å². The number of benzene rings is 1. The van der Waals surface area contributed by atoms with Gasteiger partial charge in [0.05, 0.1) is 0 Å². The lowest BCUT2D eigenvalue weighted by Crippen LogP contribution is -2.15. The third-order valence-corrected chi connectivity index (χ3v) is 2.55. The van der Waals surface area contributed by atoms with E-state index >= 15 is 0 Å². The molecule has 1 aromatic rings. The molecule has 0 fully saturated rings. The molecular weight excluding hydrogens is 280 g/mol. The van der Waals surface area contributed by atoms with Gasteiger partial charge in [-0.15, -0.1) is 0 Å².